The first-order valence-electron chi connectivity index (χ1n) is 4.77. The summed E-state index contributed by atoms with van der Waals surface area (Å²) in [4.78, 5) is 0. The fourth-order valence-electron chi connectivity index (χ4n) is 1.49. The summed E-state index contributed by atoms with van der Waals surface area (Å²) >= 11 is 3.46. The van der Waals surface area contributed by atoms with Crippen LogP contribution >= 0.6 is 15.9 Å². The molecule has 0 heterocycles. The van der Waals surface area contributed by atoms with E-state index >= 15 is 0 Å². The van der Waals surface area contributed by atoms with Gasteiger partial charge in [0.2, 0.25) is 0 Å². The highest BCUT2D eigenvalue weighted by atomic mass is 79.9. The van der Waals surface area contributed by atoms with E-state index in [2.05, 4.69) is 21.2 Å². The van der Waals surface area contributed by atoms with Crippen LogP contribution in [0.3, 0.4) is 0 Å². The summed E-state index contributed by atoms with van der Waals surface area (Å²) in [7, 11) is 3.36. The van der Waals surface area contributed by atoms with Crippen LogP contribution in [-0.4, -0.2) is 20.7 Å². The predicted molar refractivity (Wildman–Crippen MR) is 63.0 cm³/mol. The van der Waals surface area contributed by atoms with Crippen molar-refractivity contribution in [2.24, 2.45) is 0 Å². The van der Waals surface area contributed by atoms with Gasteiger partial charge in [0, 0.05) is 10.0 Å². The van der Waals surface area contributed by atoms with Crippen molar-refractivity contribution in [3.8, 4) is 5.75 Å². The number of methoxy groups -OCH3 is 1. The van der Waals surface area contributed by atoms with E-state index in [-0.39, 0.29) is 5.82 Å². The van der Waals surface area contributed by atoms with E-state index in [9.17, 15) is 4.39 Å². The van der Waals surface area contributed by atoms with E-state index in [1.807, 2.05) is 14.0 Å². The SMILES string of the molecule is CNCCc1c(Br)c(C)cc(F)c1OC. The molecule has 2 nitrogen and oxygen atoms in total. The van der Waals surface area contributed by atoms with Gasteiger partial charge >= 0.3 is 0 Å². The summed E-state index contributed by atoms with van der Waals surface area (Å²) in [6.45, 7) is 2.66. The molecule has 0 atom stereocenters. The lowest BCUT2D eigenvalue weighted by Gasteiger charge is -2.13. The third-order valence-electron chi connectivity index (χ3n) is 2.27. The summed E-state index contributed by atoms with van der Waals surface area (Å²) in [6.07, 6.45) is 0.735. The van der Waals surface area contributed by atoms with Gasteiger partial charge in [-0.25, -0.2) is 4.39 Å². The third-order valence-corrected chi connectivity index (χ3v) is 3.38. The van der Waals surface area contributed by atoms with E-state index in [0.717, 1.165) is 28.6 Å². The minimum absolute atomic E-state index is 0.302. The van der Waals surface area contributed by atoms with Crippen LogP contribution in [0.4, 0.5) is 4.39 Å². The zero-order valence-electron chi connectivity index (χ0n) is 9.16. The van der Waals surface area contributed by atoms with Crippen molar-refractivity contribution in [2.45, 2.75) is 13.3 Å². The highest BCUT2D eigenvalue weighted by molar-refractivity contribution is 9.10. The van der Waals surface area contributed by atoms with Gasteiger partial charge in [-0.15, -0.1) is 0 Å². The molecule has 0 spiro atoms. The molecular formula is C11H15BrFNO. The van der Waals surface area contributed by atoms with Crippen LogP contribution in [0.2, 0.25) is 0 Å². The molecule has 0 unspecified atom stereocenters. The Kier molecular flexibility index (Phi) is 4.54. The van der Waals surface area contributed by atoms with Crippen LogP contribution in [0.15, 0.2) is 10.5 Å². The first-order chi connectivity index (χ1) is 7.11. The van der Waals surface area contributed by atoms with Gasteiger partial charge < -0.3 is 10.1 Å². The van der Waals surface area contributed by atoms with Crippen molar-refractivity contribution in [3.63, 3.8) is 0 Å². The molecule has 1 aromatic carbocycles. The Morgan fingerprint density at radius 1 is 1.53 bits per heavy atom. The van der Waals surface area contributed by atoms with Crippen LogP contribution in [0.25, 0.3) is 0 Å². The average Bonchev–Trinajstić information content (AvgIpc) is 2.21. The van der Waals surface area contributed by atoms with Crippen LogP contribution < -0.4 is 10.1 Å². The highest BCUT2D eigenvalue weighted by Gasteiger charge is 2.14. The van der Waals surface area contributed by atoms with Crippen LogP contribution in [-0.2, 0) is 6.42 Å². The second-order valence-electron chi connectivity index (χ2n) is 3.35. The number of hydrogen-bond acceptors (Lipinski definition) is 2. The zero-order valence-corrected chi connectivity index (χ0v) is 10.7. The molecule has 15 heavy (non-hydrogen) atoms. The molecule has 0 radical (unpaired) electrons. The van der Waals surface area contributed by atoms with Gasteiger partial charge in [0.15, 0.2) is 11.6 Å². The summed E-state index contributed by atoms with van der Waals surface area (Å²) in [5, 5.41) is 3.03. The molecule has 1 N–H and O–H groups in total. The lowest BCUT2D eigenvalue weighted by molar-refractivity contribution is 0.380. The molecule has 0 saturated heterocycles. The topological polar surface area (TPSA) is 21.3 Å². The molecule has 0 aliphatic carbocycles. The maximum atomic E-state index is 13.6. The van der Waals surface area contributed by atoms with E-state index in [1.165, 1.54) is 13.2 Å². The Labute approximate surface area is 98.0 Å². The second kappa shape index (κ2) is 5.47. The largest absolute Gasteiger partial charge is 0.493 e. The number of rotatable bonds is 4. The lowest BCUT2D eigenvalue weighted by atomic mass is 10.1. The molecule has 0 aliphatic rings. The maximum Gasteiger partial charge on any atom is 0.165 e. The number of aryl methyl sites for hydroxylation is 1. The lowest BCUT2D eigenvalue weighted by Crippen LogP contribution is -2.12. The van der Waals surface area contributed by atoms with Gasteiger partial charge in [0.05, 0.1) is 7.11 Å². The standard InChI is InChI=1S/C11H15BrFNO/c1-7-6-9(13)11(15-3)8(10(7)12)4-5-14-2/h6,14H,4-5H2,1-3H3. The predicted octanol–water partition coefficient (Wildman–Crippen LogP) is 2.67. The fraction of sp³-hybridized carbons (Fsp3) is 0.455. The molecule has 0 fully saturated rings. The molecule has 84 valence electrons. The minimum atomic E-state index is -0.302. The van der Waals surface area contributed by atoms with Gasteiger partial charge in [-0.2, -0.15) is 0 Å². The van der Waals surface area contributed by atoms with Gasteiger partial charge in [-0.1, -0.05) is 15.9 Å². The fourth-order valence-corrected chi connectivity index (χ4v) is 1.99. The Morgan fingerprint density at radius 3 is 2.73 bits per heavy atom. The zero-order chi connectivity index (χ0) is 11.4. The maximum absolute atomic E-state index is 13.6. The smallest absolute Gasteiger partial charge is 0.165 e. The Balaban J connectivity index is 3.18. The minimum Gasteiger partial charge on any atom is -0.493 e. The molecule has 0 aliphatic heterocycles. The summed E-state index contributed by atoms with van der Waals surface area (Å²) in [5.41, 5.74) is 1.77. The number of hydrogen-bond donors (Lipinski definition) is 1. The van der Waals surface area contributed by atoms with Crippen molar-refractivity contribution < 1.29 is 9.13 Å². The van der Waals surface area contributed by atoms with Crippen molar-refractivity contribution in [1.29, 1.82) is 0 Å². The second-order valence-corrected chi connectivity index (χ2v) is 4.15. The number of ether oxygens (including phenoxy) is 1. The van der Waals surface area contributed by atoms with Gasteiger partial charge in [0.25, 0.3) is 0 Å². The van der Waals surface area contributed by atoms with Crippen molar-refractivity contribution in [2.75, 3.05) is 20.7 Å². The Morgan fingerprint density at radius 2 is 2.20 bits per heavy atom. The Bertz CT molecular complexity index is 355. The number of likely N-dealkylation sites (N-methyl/N-ethyl adjacent to an activating group) is 1. The molecule has 4 heteroatoms. The van der Waals surface area contributed by atoms with Gasteiger partial charge in [-0.05, 0) is 38.6 Å². The average molecular weight is 276 g/mol. The summed E-state index contributed by atoms with van der Waals surface area (Å²) in [6, 6.07) is 1.48. The molecule has 1 rings (SSSR count). The molecule has 0 saturated carbocycles. The molecule has 1 aromatic rings. The van der Waals surface area contributed by atoms with E-state index < -0.39 is 0 Å². The van der Waals surface area contributed by atoms with Crippen LogP contribution in [0.5, 0.6) is 5.75 Å². The summed E-state index contributed by atoms with van der Waals surface area (Å²) < 4.78 is 19.6. The molecule has 0 aromatic heterocycles. The quantitative estimate of drug-likeness (QED) is 0.912. The van der Waals surface area contributed by atoms with Crippen LogP contribution in [0, 0.1) is 12.7 Å². The molecule has 0 amide bonds. The molecular weight excluding hydrogens is 261 g/mol. The van der Waals surface area contributed by atoms with Crippen molar-refractivity contribution in [1.82, 2.24) is 5.32 Å². The van der Waals surface area contributed by atoms with E-state index in [4.69, 9.17) is 4.74 Å². The normalized spacial score (nSPS) is 10.5. The van der Waals surface area contributed by atoms with E-state index in [1.54, 1.807) is 0 Å². The van der Waals surface area contributed by atoms with Gasteiger partial charge in [-0.3, -0.25) is 0 Å². The van der Waals surface area contributed by atoms with Gasteiger partial charge in [0.1, 0.15) is 0 Å². The number of nitrogens with one attached hydrogen (secondary N) is 1. The van der Waals surface area contributed by atoms with Crippen LogP contribution in [0.1, 0.15) is 11.1 Å². The molecule has 0 bridgehead atoms. The monoisotopic (exact) mass is 275 g/mol. The summed E-state index contributed by atoms with van der Waals surface area (Å²) in [5.74, 6) is 0.0343. The number of benzene rings is 1. The third kappa shape index (κ3) is 2.69. The Hall–Kier alpha value is -0.610. The number of halogens is 2. The van der Waals surface area contributed by atoms with Crippen molar-refractivity contribution >= 4 is 15.9 Å². The van der Waals surface area contributed by atoms with Crippen molar-refractivity contribution in [3.05, 3.63) is 27.5 Å². The van der Waals surface area contributed by atoms with E-state index in [0.29, 0.717) is 5.75 Å². The first-order valence-corrected chi connectivity index (χ1v) is 5.57. The highest BCUT2D eigenvalue weighted by Crippen LogP contribution is 2.32. The first kappa shape index (κ1) is 12.5.